The summed E-state index contributed by atoms with van der Waals surface area (Å²) >= 11 is 7.34. The van der Waals surface area contributed by atoms with Crippen molar-refractivity contribution in [1.82, 2.24) is 9.97 Å². The zero-order chi connectivity index (χ0) is 16.2. The average Bonchev–Trinajstić information content (AvgIpc) is 2.55. The summed E-state index contributed by atoms with van der Waals surface area (Å²) in [5, 5.41) is 4.89. The summed E-state index contributed by atoms with van der Waals surface area (Å²) in [6.07, 6.45) is 1.52. The number of amides is 1. The van der Waals surface area contributed by atoms with E-state index in [0.717, 1.165) is 15.9 Å². The van der Waals surface area contributed by atoms with Gasteiger partial charge in [-0.2, -0.15) is 0 Å². The van der Waals surface area contributed by atoms with E-state index in [-0.39, 0.29) is 11.2 Å². The van der Waals surface area contributed by atoms with Gasteiger partial charge >= 0.3 is 0 Å². The van der Waals surface area contributed by atoms with Gasteiger partial charge in [0, 0.05) is 16.1 Å². The molecule has 0 aliphatic rings. The Bertz CT molecular complexity index is 851. The van der Waals surface area contributed by atoms with Gasteiger partial charge in [0.15, 0.2) is 0 Å². The van der Waals surface area contributed by atoms with Crippen molar-refractivity contribution in [3.63, 3.8) is 0 Å². The molecule has 0 radical (unpaired) electrons. The van der Waals surface area contributed by atoms with E-state index in [4.69, 9.17) is 11.6 Å². The molecule has 0 bridgehead atoms. The van der Waals surface area contributed by atoms with Crippen molar-refractivity contribution >= 4 is 45.9 Å². The van der Waals surface area contributed by atoms with Gasteiger partial charge in [0.05, 0.1) is 10.8 Å². The van der Waals surface area contributed by atoms with Crippen LogP contribution in [0.3, 0.4) is 0 Å². The Balaban J connectivity index is 1.75. The first-order valence-corrected chi connectivity index (χ1v) is 8.32. The highest BCUT2D eigenvalue weighted by molar-refractivity contribution is 8.00. The Morgan fingerprint density at radius 1 is 1.17 bits per heavy atom. The number of nitrogens with one attached hydrogen (secondary N) is 1. The zero-order valence-electron chi connectivity index (χ0n) is 12.4. The van der Waals surface area contributed by atoms with Crippen molar-refractivity contribution in [1.29, 1.82) is 0 Å². The molecule has 0 fully saturated rings. The van der Waals surface area contributed by atoms with Gasteiger partial charge in [-0.1, -0.05) is 47.6 Å². The maximum Gasteiger partial charge on any atom is 0.237 e. The normalized spacial score (nSPS) is 12.1. The Morgan fingerprint density at radius 3 is 2.83 bits per heavy atom. The van der Waals surface area contributed by atoms with Crippen molar-refractivity contribution in [3.8, 4) is 0 Å². The molecule has 1 N–H and O–H groups in total. The molecular weight excluding hydrogens is 330 g/mol. The summed E-state index contributed by atoms with van der Waals surface area (Å²) in [5.74, 6) is -0.0973. The summed E-state index contributed by atoms with van der Waals surface area (Å²) in [7, 11) is 0. The SMILES string of the molecule is C[C@@H](Sc1ncnc2ccccc12)C(=O)Nc1cccc(Cl)c1. The lowest BCUT2D eigenvalue weighted by Crippen LogP contribution is -2.22. The number of nitrogens with zero attached hydrogens (tertiary/aromatic N) is 2. The highest BCUT2D eigenvalue weighted by Gasteiger charge is 2.17. The molecule has 0 saturated carbocycles. The summed E-state index contributed by atoms with van der Waals surface area (Å²) < 4.78 is 0. The molecule has 0 unspecified atom stereocenters. The smallest absolute Gasteiger partial charge is 0.237 e. The number of carbonyl (C=O) groups excluding carboxylic acids is 1. The van der Waals surface area contributed by atoms with Crippen LogP contribution in [0.2, 0.25) is 5.02 Å². The van der Waals surface area contributed by atoms with Gasteiger partial charge in [-0.05, 0) is 31.2 Å². The molecule has 0 aliphatic carbocycles. The minimum Gasteiger partial charge on any atom is -0.325 e. The average molecular weight is 344 g/mol. The molecule has 1 heterocycles. The van der Waals surface area contributed by atoms with Gasteiger partial charge in [-0.15, -0.1) is 0 Å². The van der Waals surface area contributed by atoms with Crippen molar-refractivity contribution < 1.29 is 4.79 Å². The maximum atomic E-state index is 12.3. The maximum absolute atomic E-state index is 12.3. The van der Waals surface area contributed by atoms with Crippen LogP contribution in [0.4, 0.5) is 5.69 Å². The Morgan fingerprint density at radius 2 is 2.00 bits per heavy atom. The second-order valence-electron chi connectivity index (χ2n) is 4.96. The third kappa shape index (κ3) is 3.81. The molecule has 0 saturated heterocycles. The van der Waals surface area contributed by atoms with Crippen molar-refractivity contribution in [2.45, 2.75) is 17.2 Å². The lowest BCUT2D eigenvalue weighted by atomic mass is 10.2. The number of anilines is 1. The van der Waals surface area contributed by atoms with Crippen LogP contribution in [-0.2, 0) is 4.79 Å². The molecule has 116 valence electrons. The third-order valence-corrected chi connectivity index (χ3v) is 4.61. The van der Waals surface area contributed by atoms with Crippen LogP contribution >= 0.6 is 23.4 Å². The van der Waals surface area contributed by atoms with E-state index in [1.807, 2.05) is 31.2 Å². The number of halogens is 1. The molecule has 1 amide bonds. The predicted octanol–water partition coefficient (Wildman–Crippen LogP) is 4.40. The van der Waals surface area contributed by atoms with Crippen molar-refractivity contribution in [2.24, 2.45) is 0 Å². The number of benzene rings is 2. The number of rotatable bonds is 4. The van der Waals surface area contributed by atoms with Crippen LogP contribution < -0.4 is 5.32 Å². The molecule has 1 atom stereocenters. The molecule has 23 heavy (non-hydrogen) atoms. The van der Waals surface area contributed by atoms with E-state index in [2.05, 4.69) is 15.3 Å². The van der Waals surface area contributed by atoms with E-state index in [0.29, 0.717) is 10.7 Å². The first-order chi connectivity index (χ1) is 11.1. The zero-order valence-corrected chi connectivity index (χ0v) is 13.9. The van der Waals surface area contributed by atoms with Gasteiger partial charge < -0.3 is 5.32 Å². The highest BCUT2D eigenvalue weighted by atomic mass is 35.5. The quantitative estimate of drug-likeness (QED) is 0.563. The largest absolute Gasteiger partial charge is 0.325 e. The number of carbonyl (C=O) groups is 1. The molecule has 6 heteroatoms. The van der Waals surface area contributed by atoms with Crippen LogP contribution in [0.15, 0.2) is 59.9 Å². The fourth-order valence-electron chi connectivity index (χ4n) is 2.11. The first kappa shape index (κ1) is 15.8. The fraction of sp³-hybridized carbons (Fsp3) is 0.118. The van der Waals surface area contributed by atoms with Crippen LogP contribution in [0, 0.1) is 0 Å². The minimum atomic E-state index is -0.299. The molecule has 3 rings (SSSR count). The summed E-state index contributed by atoms with van der Waals surface area (Å²) in [5.41, 5.74) is 1.55. The summed E-state index contributed by atoms with van der Waals surface area (Å²) in [6, 6.07) is 14.8. The Hall–Kier alpha value is -2.11. The number of aromatic nitrogens is 2. The second-order valence-corrected chi connectivity index (χ2v) is 6.72. The Labute approximate surface area is 143 Å². The minimum absolute atomic E-state index is 0.0973. The van der Waals surface area contributed by atoms with Crippen LogP contribution in [-0.4, -0.2) is 21.1 Å². The van der Waals surface area contributed by atoms with Gasteiger partial charge in [0.2, 0.25) is 5.91 Å². The molecule has 2 aromatic carbocycles. The highest BCUT2D eigenvalue weighted by Crippen LogP contribution is 2.28. The number of para-hydroxylation sites is 1. The monoisotopic (exact) mass is 343 g/mol. The fourth-order valence-corrected chi connectivity index (χ4v) is 3.20. The van der Waals surface area contributed by atoms with Gasteiger partial charge in [-0.3, -0.25) is 4.79 Å². The predicted molar refractivity (Wildman–Crippen MR) is 94.9 cm³/mol. The third-order valence-electron chi connectivity index (χ3n) is 3.26. The molecule has 1 aromatic heterocycles. The number of thioether (sulfide) groups is 1. The van der Waals surface area contributed by atoms with Crippen LogP contribution in [0.5, 0.6) is 0 Å². The van der Waals surface area contributed by atoms with Crippen molar-refractivity contribution in [2.75, 3.05) is 5.32 Å². The van der Waals surface area contributed by atoms with E-state index in [1.54, 1.807) is 24.3 Å². The molecule has 3 aromatic rings. The number of hydrogen-bond donors (Lipinski definition) is 1. The lowest BCUT2D eigenvalue weighted by molar-refractivity contribution is -0.115. The lowest BCUT2D eigenvalue weighted by Gasteiger charge is -2.12. The first-order valence-electron chi connectivity index (χ1n) is 7.06. The number of fused-ring (bicyclic) bond motifs is 1. The molecule has 0 spiro atoms. The van der Waals surface area contributed by atoms with Crippen LogP contribution in [0.1, 0.15) is 6.92 Å². The van der Waals surface area contributed by atoms with Crippen LogP contribution in [0.25, 0.3) is 10.9 Å². The molecule has 4 nitrogen and oxygen atoms in total. The number of hydrogen-bond acceptors (Lipinski definition) is 4. The topological polar surface area (TPSA) is 54.9 Å². The van der Waals surface area contributed by atoms with E-state index >= 15 is 0 Å². The summed E-state index contributed by atoms with van der Waals surface area (Å²) in [4.78, 5) is 20.9. The van der Waals surface area contributed by atoms with E-state index < -0.39 is 0 Å². The van der Waals surface area contributed by atoms with E-state index in [1.165, 1.54) is 18.1 Å². The Kier molecular flexibility index (Phi) is 4.79. The summed E-state index contributed by atoms with van der Waals surface area (Å²) in [6.45, 7) is 1.85. The standard InChI is InChI=1S/C17H14ClN3OS/c1-11(16(22)21-13-6-4-5-12(18)9-13)23-17-14-7-2-3-8-15(14)19-10-20-17/h2-11H,1H3,(H,21,22)/t11-/m1/s1. The van der Waals surface area contributed by atoms with Gasteiger partial charge in [0.1, 0.15) is 11.4 Å². The van der Waals surface area contributed by atoms with Gasteiger partial charge in [0.25, 0.3) is 0 Å². The molecule has 0 aliphatic heterocycles. The van der Waals surface area contributed by atoms with Gasteiger partial charge in [-0.25, -0.2) is 9.97 Å². The van der Waals surface area contributed by atoms with Crippen molar-refractivity contribution in [3.05, 3.63) is 59.9 Å². The second kappa shape index (κ2) is 6.98. The van der Waals surface area contributed by atoms with E-state index in [9.17, 15) is 4.79 Å². The molecular formula is C17H14ClN3OS.